The van der Waals surface area contributed by atoms with Gasteiger partial charge in [-0.05, 0) is 12.5 Å². The van der Waals surface area contributed by atoms with E-state index in [1.807, 2.05) is 12.2 Å². The second-order valence-electron chi connectivity index (χ2n) is 1.40. The Kier molecular flexibility index (Phi) is 1.52. The Labute approximate surface area is 47.3 Å². The van der Waals surface area contributed by atoms with Gasteiger partial charge in [-0.1, -0.05) is 6.08 Å². The smallest absolute Gasteiger partial charge is 0.0866 e. The number of nitrogens with one attached hydrogen (secondary N) is 1. The fourth-order valence-corrected chi connectivity index (χ4v) is 1.14. The molecule has 0 atom stereocenters. The third-order valence-corrected chi connectivity index (χ3v) is 1.70. The molecule has 0 spiro atoms. The molecule has 0 aromatic rings. The monoisotopic (exact) mass is 113 g/mol. The molecule has 0 amide bonds. The van der Waals surface area contributed by atoms with Crippen molar-refractivity contribution < 1.29 is 0 Å². The van der Waals surface area contributed by atoms with E-state index in [1.54, 1.807) is 11.8 Å². The van der Waals surface area contributed by atoms with Crippen LogP contribution in [0.1, 0.15) is 6.42 Å². The van der Waals surface area contributed by atoms with E-state index in [2.05, 4.69) is 0 Å². The summed E-state index contributed by atoms with van der Waals surface area (Å²) in [6.07, 6.45) is 5.03. The number of allylic oxidation sites excluding steroid dienone is 1. The first kappa shape index (κ1) is 4.91. The van der Waals surface area contributed by atoms with Crippen LogP contribution in [0.5, 0.6) is 0 Å². The maximum atomic E-state index is 7.06. The van der Waals surface area contributed by atoms with Gasteiger partial charge in [-0.25, -0.2) is 0 Å². The Morgan fingerprint density at radius 3 is 2.86 bits per heavy atom. The van der Waals surface area contributed by atoms with Gasteiger partial charge in [-0.2, -0.15) is 0 Å². The van der Waals surface area contributed by atoms with Crippen LogP contribution in [0.15, 0.2) is 12.2 Å². The van der Waals surface area contributed by atoms with Crippen molar-refractivity contribution in [2.75, 3.05) is 5.75 Å². The summed E-state index contributed by atoms with van der Waals surface area (Å²) in [5.74, 6) is 1.09. The normalized spacial score (nSPS) is 20.3. The van der Waals surface area contributed by atoms with Crippen LogP contribution < -0.4 is 0 Å². The lowest BCUT2D eigenvalue weighted by atomic mass is 10.4. The molecule has 0 saturated heterocycles. The maximum absolute atomic E-state index is 7.06. The minimum absolute atomic E-state index is 0.700. The maximum Gasteiger partial charge on any atom is 0.0866 e. The molecule has 0 bridgehead atoms. The molecule has 1 nitrogen and oxygen atoms in total. The quantitative estimate of drug-likeness (QED) is 0.507. The van der Waals surface area contributed by atoms with Crippen molar-refractivity contribution in [3.8, 4) is 0 Å². The minimum atomic E-state index is 0.700. The average molecular weight is 113 g/mol. The van der Waals surface area contributed by atoms with Crippen LogP contribution in [0.2, 0.25) is 0 Å². The van der Waals surface area contributed by atoms with Crippen molar-refractivity contribution in [1.29, 1.82) is 5.41 Å². The Bertz CT molecular complexity index is 107. The first-order valence-electron chi connectivity index (χ1n) is 2.27. The highest BCUT2D eigenvalue weighted by Gasteiger charge is 1.95. The summed E-state index contributed by atoms with van der Waals surface area (Å²) in [5, 5.41) is 7.76. The first-order valence-corrected chi connectivity index (χ1v) is 3.26. The number of thioether (sulfide) groups is 1. The first-order chi connectivity index (χ1) is 3.39. The highest BCUT2D eigenvalue weighted by atomic mass is 32.2. The van der Waals surface area contributed by atoms with Gasteiger partial charge < -0.3 is 0 Å². The number of hydrogen-bond donors (Lipinski definition) is 1. The predicted molar refractivity (Wildman–Crippen MR) is 33.9 cm³/mol. The van der Waals surface area contributed by atoms with Gasteiger partial charge in [0.15, 0.2) is 0 Å². The highest BCUT2D eigenvalue weighted by molar-refractivity contribution is 8.14. The van der Waals surface area contributed by atoms with Gasteiger partial charge in [-0.15, -0.1) is 11.8 Å². The molecule has 1 rings (SSSR count). The molecule has 2 heteroatoms. The summed E-state index contributed by atoms with van der Waals surface area (Å²) in [7, 11) is 0. The van der Waals surface area contributed by atoms with Gasteiger partial charge in [-0.3, -0.25) is 5.41 Å². The molecule has 1 N–H and O–H groups in total. The van der Waals surface area contributed by atoms with Crippen LogP contribution in [0.3, 0.4) is 0 Å². The molecule has 0 unspecified atom stereocenters. The van der Waals surface area contributed by atoms with E-state index < -0.39 is 0 Å². The molecule has 38 valence electrons. The van der Waals surface area contributed by atoms with Gasteiger partial charge in [0.05, 0.1) is 5.04 Å². The number of rotatable bonds is 0. The fourth-order valence-electron chi connectivity index (χ4n) is 0.475. The van der Waals surface area contributed by atoms with Crippen molar-refractivity contribution in [1.82, 2.24) is 0 Å². The van der Waals surface area contributed by atoms with E-state index in [1.165, 1.54) is 0 Å². The van der Waals surface area contributed by atoms with E-state index >= 15 is 0 Å². The second-order valence-corrected chi connectivity index (χ2v) is 2.54. The second kappa shape index (κ2) is 2.17. The van der Waals surface area contributed by atoms with E-state index in [0.29, 0.717) is 5.04 Å². The molecule has 0 aliphatic carbocycles. The molecule has 0 fully saturated rings. The van der Waals surface area contributed by atoms with Crippen LogP contribution in [-0.2, 0) is 0 Å². The van der Waals surface area contributed by atoms with Crippen molar-refractivity contribution in [3.05, 3.63) is 12.2 Å². The standard InChI is InChI=1S/C5H7NS/c6-5-3-1-2-4-7-5/h1,3,6H,2,4H2. The van der Waals surface area contributed by atoms with Gasteiger partial charge >= 0.3 is 0 Å². The molecular formula is C5H7NS. The Morgan fingerprint density at radius 1 is 1.71 bits per heavy atom. The van der Waals surface area contributed by atoms with Crippen LogP contribution in [0, 0.1) is 5.41 Å². The molecule has 1 aliphatic heterocycles. The molecule has 1 aliphatic rings. The van der Waals surface area contributed by atoms with Gasteiger partial charge in [0.2, 0.25) is 0 Å². The van der Waals surface area contributed by atoms with E-state index in [0.717, 1.165) is 12.2 Å². The zero-order valence-electron chi connectivity index (χ0n) is 3.98. The Hall–Kier alpha value is -0.240. The molecule has 0 aromatic heterocycles. The lowest BCUT2D eigenvalue weighted by Gasteiger charge is -2.00. The van der Waals surface area contributed by atoms with Crippen molar-refractivity contribution in [3.63, 3.8) is 0 Å². The van der Waals surface area contributed by atoms with Crippen molar-refractivity contribution in [2.24, 2.45) is 0 Å². The lowest BCUT2D eigenvalue weighted by Crippen LogP contribution is -1.91. The zero-order chi connectivity index (χ0) is 5.11. The molecule has 7 heavy (non-hydrogen) atoms. The fraction of sp³-hybridized carbons (Fsp3) is 0.400. The summed E-state index contributed by atoms with van der Waals surface area (Å²) < 4.78 is 0. The van der Waals surface area contributed by atoms with Crippen LogP contribution in [0.4, 0.5) is 0 Å². The lowest BCUT2D eigenvalue weighted by molar-refractivity contribution is 1.24. The molecule has 0 aromatic carbocycles. The molecule has 0 radical (unpaired) electrons. The topological polar surface area (TPSA) is 23.9 Å². The van der Waals surface area contributed by atoms with Crippen molar-refractivity contribution in [2.45, 2.75) is 6.42 Å². The third kappa shape index (κ3) is 1.35. The SMILES string of the molecule is N=C1C=CCCS1. The summed E-state index contributed by atoms with van der Waals surface area (Å²) in [5.41, 5.74) is 0. The van der Waals surface area contributed by atoms with Crippen LogP contribution in [0.25, 0.3) is 0 Å². The summed E-state index contributed by atoms with van der Waals surface area (Å²) in [4.78, 5) is 0. The van der Waals surface area contributed by atoms with E-state index in [4.69, 9.17) is 5.41 Å². The van der Waals surface area contributed by atoms with Gasteiger partial charge in [0.1, 0.15) is 0 Å². The zero-order valence-corrected chi connectivity index (χ0v) is 4.79. The summed E-state index contributed by atoms with van der Waals surface area (Å²) >= 11 is 1.61. The van der Waals surface area contributed by atoms with Crippen molar-refractivity contribution >= 4 is 16.8 Å². The molecule has 1 heterocycles. The van der Waals surface area contributed by atoms with Crippen LogP contribution in [-0.4, -0.2) is 10.8 Å². The largest absolute Gasteiger partial charge is 0.294 e. The van der Waals surface area contributed by atoms with E-state index in [9.17, 15) is 0 Å². The summed E-state index contributed by atoms with van der Waals surface area (Å²) in [6, 6.07) is 0. The minimum Gasteiger partial charge on any atom is -0.294 e. The Balaban J connectivity index is 2.51. The predicted octanol–water partition coefficient (Wildman–Crippen LogP) is 1.66. The van der Waals surface area contributed by atoms with Crippen LogP contribution >= 0.6 is 11.8 Å². The highest BCUT2D eigenvalue weighted by Crippen LogP contribution is 2.10. The average Bonchev–Trinajstić information content (AvgIpc) is 1.69. The molecular weight excluding hydrogens is 106 g/mol. The Morgan fingerprint density at radius 2 is 2.57 bits per heavy atom. The number of hydrogen-bond acceptors (Lipinski definition) is 2. The third-order valence-electron chi connectivity index (χ3n) is 0.811. The molecule has 0 saturated carbocycles. The summed E-state index contributed by atoms with van der Waals surface area (Å²) in [6.45, 7) is 0. The van der Waals surface area contributed by atoms with E-state index in [-0.39, 0.29) is 0 Å². The van der Waals surface area contributed by atoms with Gasteiger partial charge in [0, 0.05) is 5.75 Å². The van der Waals surface area contributed by atoms with Gasteiger partial charge in [0.25, 0.3) is 0 Å².